The first-order valence-electron chi connectivity index (χ1n) is 2.45. The summed E-state index contributed by atoms with van der Waals surface area (Å²) in [4.78, 5) is 0. The summed E-state index contributed by atoms with van der Waals surface area (Å²) in [6.45, 7) is 1.54. The Kier molecular flexibility index (Phi) is 3.88. The minimum absolute atomic E-state index is 0.127. The lowest BCUT2D eigenvalue weighted by atomic mass is 10.4. The quantitative estimate of drug-likeness (QED) is 0.640. The van der Waals surface area contributed by atoms with Crippen molar-refractivity contribution >= 4 is 10.8 Å². The van der Waals surface area contributed by atoms with Crippen LogP contribution in [0.3, 0.4) is 0 Å². The van der Waals surface area contributed by atoms with Crippen molar-refractivity contribution in [3.05, 3.63) is 0 Å². The van der Waals surface area contributed by atoms with Crippen LogP contribution >= 0.6 is 0 Å². The second kappa shape index (κ2) is 3.90. The van der Waals surface area contributed by atoms with E-state index in [0.29, 0.717) is 0 Å². The SMILES string of the molecule is CC(N)CS(=O)C(F)F. The van der Waals surface area contributed by atoms with E-state index in [4.69, 9.17) is 5.73 Å². The topological polar surface area (TPSA) is 43.1 Å². The van der Waals surface area contributed by atoms with Gasteiger partial charge in [0.2, 0.25) is 0 Å². The van der Waals surface area contributed by atoms with Gasteiger partial charge in [0.25, 0.3) is 0 Å². The predicted molar refractivity (Wildman–Crippen MR) is 32.7 cm³/mol. The lowest BCUT2D eigenvalue weighted by Crippen LogP contribution is -2.25. The molecule has 2 N–H and O–H groups in total. The number of hydrogen-bond acceptors (Lipinski definition) is 2. The van der Waals surface area contributed by atoms with Gasteiger partial charge in [0.1, 0.15) is 0 Å². The zero-order valence-electron chi connectivity index (χ0n) is 5.01. The molecule has 0 aliphatic heterocycles. The third kappa shape index (κ3) is 4.47. The van der Waals surface area contributed by atoms with E-state index in [1.54, 1.807) is 6.92 Å². The van der Waals surface area contributed by atoms with Crippen molar-refractivity contribution in [3.63, 3.8) is 0 Å². The maximum absolute atomic E-state index is 11.4. The lowest BCUT2D eigenvalue weighted by molar-refractivity contribution is 0.243. The summed E-state index contributed by atoms with van der Waals surface area (Å²) in [5.74, 6) is -2.88. The van der Waals surface area contributed by atoms with Crippen LogP contribution in [0.2, 0.25) is 0 Å². The maximum Gasteiger partial charge on any atom is 0.311 e. The van der Waals surface area contributed by atoms with Crippen LogP contribution in [0.25, 0.3) is 0 Å². The number of rotatable bonds is 3. The normalized spacial score (nSPS) is 17.9. The Morgan fingerprint density at radius 3 is 2.22 bits per heavy atom. The van der Waals surface area contributed by atoms with Crippen molar-refractivity contribution in [2.75, 3.05) is 5.75 Å². The molecule has 0 aromatic heterocycles. The molecule has 0 aliphatic carbocycles. The molecule has 0 saturated heterocycles. The Bertz CT molecular complexity index is 107. The van der Waals surface area contributed by atoms with Crippen molar-refractivity contribution in [1.29, 1.82) is 0 Å². The van der Waals surface area contributed by atoms with Crippen LogP contribution in [0.4, 0.5) is 8.78 Å². The highest BCUT2D eigenvalue weighted by atomic mass is 32.2. The van der Waals surface area contributed by atoms with Crippen LogP contribution in [-0.2, 0) is 10.8 Å². The van der Waals surface area contributed by atoms with Gasteiger partial charge < -0.3 is 5.73 Å². The zero-order valence-corrected chi connectivity index (χ0v) is 5.83. The second-order valence-electron chi connectivity index (χ2n) is 1.79. The van der Waals surface area contributed by atoms with Crippen molar-refractivity contribution in [1.82, 2.24) is 0 Å². The summed E-state index contributed by atoms with van der Waals surface area (Å²) >= 11 is 0. The van der Waals surface area contributed by atoms with E-state index in [0.717, 1.165) is 0 Å². The molecule has 0 spiro atoms. The van der Waals surface area contributed by atoms with E-state index in [9.17, 15) is 13.0 Å². The van der Waals surface area contributed by atoms with Crippen LogP contribution in [-0.4, -0.2) is 21.8 Å². The van der Waals surface area contributed by atoms with Crippen molar-refractivity contribution < 1.29 is 13.0 Å². The van der Waals surface area contributed by atoms with Crippen molar-refractivity contribution in [2.24, 2.45) is 5.73 Å². The largest absolute Gasteiger partial charge is 0.327 e. The highest BCUT2D eigenvalue weighted by molar-refractivity contribution is 7.85. The van der Waals surface area contributed by atoms with Gasteiger partial charge in [-0.3, -0.25) is 4.21 Å². The molecule has 0 amide bonds. The molecule has 2 unspecified atom stereocenters. The first-order chi connectivity index (χ1) is 4.04. The Hall–Kier alpha value is -0.0300. The summed E-state index contributed by atoms with van der Waals surface area (Å²) in [6, 6.07) is -0.417. The van der Waals surface area contributed by atoms with Gasteiger partial charge >= 0.3 is 5.76 Å². The molecule has 5 heteroatoms. The number of hydrogen-bond donors (Lipinski definition) is 1. The van der Waals surface area contributed by atoms with E-state index in [1.807, 2.05) is 0 Å². The van der Waals surface area contributed by atoms with Crippen LogP contribution in [0.5, 0.6) is 0 Å². The first kappa shape index (κ1) is 8.97. The van der Waals surface area contributed by atoms with Crippen molar-refractivity contribution in [3.8, 4) is 0 Å². The van der Waals surface area contributed by atoms with Gasteiger partial charge in [-0.1, -0.05) is 0 Å². The molecule has 0 saturated carbocycles. The Morgan fingerprint density at radius 1 is 1.67 bits per heavy atom. The first-order valence-corrected chi connectivity index (χ1v) is 3.83. The van der Waals surface area contributed by atoms with Gasteiger partial charge in [-0.25, -0.2) is 0 Å². The summed E-state index contributed by atoms with van der Waals surface area (Å²) in [5, 5.41) is 0. The van der Waals surface area contributed by atoms with Gasteiger partial charge in [-0.15, -0.1) is 0 Å². The molecule has 0 bridgehead atoms. The van der Waals surface area contributed by atoms with Gasteiger partial charge in [0.15, 0.2) is 0 Å². The van der Waals surface area contributed by atoms with E-state index >= 15 is 0 Å². The molecule has 0 fully saturated rings. The second-order valence-corrected chi connectivity index (χ2v) is 3.24. The fourth-order valence-electron chi connectivity index (χ4n) is 0.332. The fraction of sp³-hybridized carbons (Fsp3) is 1.00. The molecule has 0 radical (unpaired) electrons. The van der Waals surface area contributed by atoms with Crippen molar-refractivity contribution in [2.45, 2.75) is 18.7 Å². The predicted octanol–water partition coefficient (Wildman–Crippen LogP) is 0.305. The van der Waals surface area contributed by atoms with Gasteiger partial charge in [0, 0.05) is 11.8 Å². The molecular formula is C4H9F2NOS. The fourth-order valence-corrected chi connectivity index (χ4v) is 0.996. The van der Waals surface area contributed by atoms with Crippen LogP contribution < -0.4 is 5.73 Å². The number of alkyl halides is 2. The summed E-state index contributed by atoms with van der Waals surface area (Å²) in [7, 11) is -2.06. The average Bonchev–Trinajstić information content (AvgIpc) is 1.63. The standard InChI is InChI=1S/C4H9F2NOS/c1-3(7)2-9(8)4(5)6/h3-4H,2,7H2,1H3. The number of nitrogens with two attached hydrogens (primary N) is 1. The Labute approximate surface area is 54.9 Å². The summed E-state index contributed by atoms with van der Waals surface area (Å²) in [5.41, 5.74) is 5.10. The lowest BCUT2D eigenvalue weighted by Gasteiger charge is -2.02. The third-order valence-electron chi connectivity index (χ3n) is 0.626. The monoisotopic (exact) mass is 157 g/mol. The van der Waals surface area contributed by atoms with E-state index in [2.05, 4.69) is 0 Å². The molecule has 2 atom stereocenters. The molecule has 2 nitrogen and oxygen atoms in total. The van der Waals surface area contributed by atoms with E-state index in [1.165, 1.54) is 0 Å². The number of halogens is 2. The van der Waals surface area contributed by atoms with Crippen LogP contribution in [0, 0.1) is 0 Å². The Balaban J connectivity index is 3.51. The van der Waals surface area contributed by atoms with Crippen LogP contribution in [0.15, 0.2) is 0 Å². The molecule has 0 heterocycles. The zero-order chi connectivity index (χ0) is 7.44. The average molecular weight is 157 g/mol. The minimum atomic E-state index is -2.75. The van der Waals surface area contributed by atoms with Gasteiger partial charge in [-0.2, -0.15) is 8.78 Å². The van der Waals surface area contributed by atoms with E-state index < -0.39 is 22.6 Å². The molecule has 0 aliphatic rings. The molecule has 0 aromatic carbocycles. The third-order valence-corrected chi connectivity index (χ3v) is 1.88. The minimum Gasteiger partial charge on any atom is -0.327 e. The summed E-state index contributed by atoms with van der Waals surface area (Å²) in [6.07, 6.45) is 0. The van der Waals surface area contributed by atoms with Gasteiger partial charge in [0.05, 0.1) is 10.8 Å². The smallest absolute Gasteiger partial charge is 0.311 e. The Morgan fingerprint density at radius 2 is 2.11 bits per heavy atom. The molecule has 0 rings (SSSR count). The highest BCUT2D eigenvalue weighted by Crippen LogP contribution is 2.00. The van der Waals surface area contributed by atoms with Crippen LogP contribution in [0.1, 0.15) is 6.92 Å². The van der Waals surface area contributed by atoms with E-state index in [-0.39, 0.29) is 5.75 Å². The maximum atomic E-state index is 11.4. The molecule has 56 valence electrons. The molecule has 9 heavy (non-hydrogen) atoms. The van der Waals surface area contributed by atoms with Gasteiger partial charge in [-0.05, 0) is 6.92 Å². The molecule has 0 aromatic rings. The highest BCUT2D eigenvalue weighted by Gasteiger charge is 2.13. The molecular weight excluding hydrogens is 148 g/mol. The summed E-state index contributed by atoms with van der Waals surface area (Å²) < 4.78 is 33.1.